The van der Waals surface area contributed by atoms with Crippen molar-refractivity contribution in [3.8, 4) is 0 Å². The number of nitrogens with zero attached hydrogens (tertiary/aromatic N) is 4. The van der Waals surface area contributed by atoms with E-state index in [9.17, 15) is 0 Å². The second-order valence-corrected chi connectivity index (χ2v) is 10.4. The zero-order valence-electron chi connectivity index (χ0n) is 19.1. The van der Waals surface area contributed by atoms with Crippen molar-refractivity contribution in [3.05, 3.63) is 96.3 Å². The van der Waals surface area contributed by atoms with E-state index in [0.717, 1.165) is 54.8 Å². The fraction of sp³-hybridized carbons (Fsp3) is 0.0714. The second-order valence-electron chi connectivity index (χ2n) is 8.50. The van der Waals surface area contributed by atoms with Crippen molar-refractivity contribution >= 4 is 67.4 Å². The molecule has 0 saturated heterocycles. The van der Waals surface area contributed by atoms with E-state index in [1.165, 1.54) is 10.8 Å². The summed E-state index contributed by atoms with van der Waals surface area (Å²) in [7, 11) is 0. The van der Waals surface area contributed by atoms with Crippen LogP contribution in [0.25, 0.3) is 43.9 Å². The van der Waals surface area contributed by atoms with Crippen LogP contribution in [0.1, 0.15) is 11.4 Å². The molecule has 6 nitrogen and oxygen atoms in total. The summed E-state index contributed by atoms with van der Waals surface area (Å²) < 4.78 is 0. The molecule has 0 aliphatic carbocycles. The lowest BCUT2D eigenvalue weighted by Gasteiger charge is -2.10. The SMILES string of the molecule is c1ccc2cc3nc(CSc4nc5ccccc5[nH]4)c(CSc4nc5ccccc5[nH]4)nc3cc2c1. The van der Waals surface area contributed by atoms with Crippen molar-refractivity contribution in [1.29, 1.82) is 0 Å². The van der Waals surface area contributed by atoms with Crippen LogP contribution in [0, 0.1) is 0 Å². The molecule has 0 amide bonds. The third-order valence-electron chi connectivity index (χ3n) is 6.11. The van der Waals surface area contributed by atoms with Gasteiger partial charge < -0.3 is 9.97 Å². The Bertz CT molecular complexity index is 1670. The van der Waals surface area contributed by atoms with Crippen molar-refractivity contribution in [2.45, 2.75) is 21.8 Å². The number of thioether (sulfide) groups is 2. The number of aromatic nitrogens is 6. The molecule has 0 unspecified atom stereocenters. The first-order chi connectivity index (χ1) is 17.8. The molecular weight excluding hydrogens is 484 g/mol. The first-order valence-electron chi connectivity index (χ1n) is 11.6. The number of aromatic amines is 2. The van der Waals surface area contributed by atoms with Crippen molar-refractivity contribution in [3.63, 3.8) is 0 Å². The molecule has 36 heavy (non-hydrogen) atoms. The molecule has 7 aromatic rings. The fourth-order valence-corrected chi connectivity index (χ4v) is 6.01. The maximum Gasteiger partial charge on any atom is 0.166 e. The molecular formula is C28H20N6S2. The molecule has 4 aromatic carbocycles. The number of imidazole rings is 2. The third kappa shape index (κ3) is 4.08. The molecule has 0 fully saturated rings. The molecule has 3 aromatic heterocycles. The molecule has 0 spiro atoms. The predicted molar refractivity (Wildman–Crippen MR) is 148 cm³/mol. The van der Waals surface area contributed by atoms with E-state index in [4.69, 9.17) is 19.9 Å². The van der Waals surface area contributed by atoms with Crippen molar-refractivity contribution in [2.24, 2.45) is 0 Å². The normalized spacial score (nSPS) is 11.8. The molecule has 2 N–H and O–H groups in total. The molecule has 0 radical (unpaired) electrons. The number of rotatable bonds is 6. The molecule has 0 saturated carbocycles. The summed E-state index contributed by atoms with van der Waals surface area (Å²) in [6, 6.07) is 28.8. The Morgan fingerprint density at radius 3 is 1.42 bits per heavy atom. The van der Waals surface area contributed by atoms with Gasteiger partial charge in [0.2, 0.25) is 0 Å². The Morgan fingerprint density at radius 2 is 0.944 bits per heavy atom. The average Bonchev–Trinajstić information content (AvgIpc) is 3.52. The summed E-state index contributed by atoms with van der Waals surface area (Å²) in [5, 5.41) is 4.10. The van der Waals surface area contributed by atoms with E-state index in [1.54, 1.807) is 23.5 Å². The smallest absolute Gasteiger partial charge is 0.166 e. The van der Waals surface area contributed by atoms with Crippen LogP contribution in [0.5, 0.6) is 0 Å². The number of nitrogens with one attached hydrogen (secondary N) is 2. The van der Waals surface area contributed by atoms with Crippen LogP contribution in [0.4, 0.5) is 0 Å². The van der Waals surface area contributed by atoms with Gasteiger partial charge in [-0.15, -0.1) is 0 Å². The van der Waals surface area contributed by atoms with E-state index in [2.05, 4.69) is 46.4 Å². The molecule has 8 heteroatoms. The quantitative estimate of drug-likeness (QED) is 0.185. The summed E-state index contributed by atoms with van der Waals surface area (Å²) >= 11 is 3.30. The third-order valence-corrected chi connectivity index (χ3v) is 7.88. The van der Waals surface area contributed by atoms with Gasteiger partial charge in [0, 0.05) is 11.5 Å². The van der Waals surface area contributed by atoms with E-state index in [1.807, 2.05) is 48.5 Å². The van der Waals surface area contributed by atoms with Gasteiger partial charge in [-0.05, 0) is 47.2 Å². The van der Waals surface area contributed by atoms with Gasteiger partial charge in [0.05, 0.1) is 44.5 Å². The highest BCUT2D eigenvalue weighted by atomic mass is 32.2. The maximum atomic E-state index is 5.08. The lowest BCUT2D eigenvalue weighted by Crippen LogP contribution is -2.01. The minimum Gasteiger partial charge on any atom is -0.333 e. The van der Waals surface area contributed by atoms with Gasteiger partial charge in [0.25, 0.3) is 0 Å². The number of para-hydroxylation sites is 4. The van der Waals surface area contributed by atoms with E-state index in [-0.39, 0.29) is 0 Å². The van der Waals surface area contributed by atoms with E-state index < -0.39 is 0 Å². The van der Waals surface area contributed by atoms with Gasteiger partial charge in [0.1, 0.15) is 0 Å². The average molecular weight is 505 g/mol. The van der Waals surface area contributed by atoms with Crippen LogP contribution in [-0.4, -0.2) is 29.9 Å². The Labute approximate surface area is 215 Å². The standard InChI is InChI=1S/C28H20N6S2/c1-2-8-18-14-24-23(13-17(18)7-1)29-25(15-35-27-31-19-9-3-4-10-20(19)32-27)26(30-24)16-36-28-33-21-11-5-6-12-22(21)34-28/h1-14H,15-16H2,(H,31,32)(H,33,34). The first kappa shape index (κ1) is 21.4. The molecule has 0 bridgehead atoms. The molecule has 0 aliphatic heterocycles. The van der Waals surface area contributed by atoms with Crippen molar-refractivity contribution in [2.75, 3.05) is 0 Å². The Balaban J connectivity index is 1.24. The lowest BCUT2D eigenvalue weighted by atomic mass is 10.1. The molecule has 0 aliphatic rings. The lowest BCUT2D eigenvalue weighted by molar-refractivity contribution is 1.04. The summed E-state index contributed by atoms with van der Waals surface area (Å²) in [5.74, 6) is 1.34. The molecule has 3 heterocycles. The highest BCUT2D eigenvalue weighted by molar-refractivity contribution is 7.98. The predicted octanol–water partition coefficient (Wildman–Crippen LogP) is 7.12. The number of benzene rings is 4. The van der Waals surface area contributed by atoms with Crippen LogP contribution < -0.4 is 0 Å². The minimum atomic E-state index is 0.672. The van der Waals surface area contributed by atoms with Gasteiger partial charge in [-0.2, -0.15) is 0 Å². The molecule has 7 rings (SSSR count). The second kappa shape index (κ2) is 8.96. The zero-order valence-corrected chi connectivity index (χ0v) is 20.7. The highest BCUT2D eigenvalue weighted by Gasteiger charge is 2.14. The van der Waals surface area contributed by atoms with Crippen LogP contribution in [0.2, 0.25) is 0 Å². The Morgan fingerprint density at radius 1 is 0.500 bits per heavy atom. The summed E-state index contributed by atoms with van der Waals surface area (Å²) in [4.78, 5) is 26.4. The van der Waals surface area contributed by atoms with Crippen LogP contribution in [0.15, 0.2) is 95.2 Å². The first-order valence-corrected chi connectivity index (χ1v) is 13.6. The topological polar surface area (TPSA) is 83.1 Å². The van der Waals surface area contributed by atoms with Crippen LogP contribution in [-0.2, 0) is 11.5 Å². The van der Waals surface area contributed by atoms with Gasteiger partial charge in [-0.3, -0.25) is 0 Å². The summed E-state index contributed by atoms with van der Waals surface area (Å²) in [6.45, 7) is 0. The largest absolute Gasteiger partial charge is 0.333 e. The van der Waals surface area contributed by atoms with E-state index >= 15 is 0 Å². The van der Waals surface area contributed by atoms with Crippen molar-refractivity contribution in [1.82, 2.24) is 29.9 Å². The van der Waals surface area contributed by atoms with Gasteiger partial charge in [0.15, 0.2) is 10.3 Å². The van der Waals surface area contributed by atoms with Gasteiger partial charge in [-0.25, -0.2) is 19.9 Å². The monoisotopic (exact) mass is 504 g/mol. The Hall–Kier alpha value is -3.88. The van der Waals surface area contributed by atoms with Gasteiger partial charge >= 0.3 is 0 Å². The number of hydrogen-bond donors (Lipinski definition) is 2. The van der Waals surface area contributed by atoms with Gasteiger partial charge in [-0.1, -0.05) is 72.1 Å². The Kier molecular flexibility index (Phi) is 5.33. The molecule has 0 atom stereocenters. The number of hydrogen-bond acceptors (Lipinski definition) is 6. The molecule has 174 valence electrons. The zero-order chi connectivity index (χ0) is 23.9. The van der Waals surface area contributed by atoms with Crippen LogP contribution >= 0.6 is 23.5 Å². The van der Waals surface area contributed by atoms with Crippen molar-refractivity contribution < 1.29 is 0 Å². The minimum absolute atomic E-state index is 0.672. The number of fused-ring (bicyclic) bond motifs is 4. The maximum absolute atomic E-state index is 5.08. The van der Waals surface area contributed by atoms with E-state index in [0.29, 0.717) is 11.5 Å². The summed E-state index contributed by atoms with van der Waals surface area (Å²) in [5.41, 5.74) is 7.76. The van der Waals surface area contributed by atoms with Crippen LogP contribution in [0.3, 0.4) is 0 Å². The highest BCUT2D eigenvalue weighted by Crippen LogP contribution is 2.29. The summed E-state index contributed by atoms with van der Waals surface area (Å²) in [6.07, 6.45) is 0. The number of H-pyrrole nitrogens is 2. The fourth-order valence-electron chi connectivity index (χ4n) is 4.32.